The first-order chi connectivity index (χ1) is 14.8. The molecule has 0 atom stereocenters. The van der Waals surface area contributed by atoms with Crippen LogP contribution in [0, 0.1) is 10.1 Å². The summed E-state index contributed by atoms with van der Waals surface area (Å²) >= 11 is 0. The molecular weight excluding hydrogens is 438 g/mol. The Kier molecular flexibility index (Phi) is 7.09. The van der Waals surface area contributed by atoms with Crippen LogP contribution in [0.1, 0.15) is 5.56 Å². The molecule has 0 bridgehead atoms. The molecule has 166 valence electrons. The van der Waals surface area contributed by atoms with Gasteiger partial charge in [-0.1, -0.05) is 12.1 Å². The Morgan fingerprint density at radius 3 is 2.61 bits per heavy atom. The summed E-state index contributed by atoms with van der Waals surface area (Å²) in [5.74, 6) is -0.121. The maximum Gasteiger partial charge on any atom is 0.387 e. The zero-order valence-corrected chi connectivity index (χ0v) is 16.8. The molecule has 13 heteroatoms. The van der Waals surface area contributed by atoms with Gasteiger partial charge >= 0.3 is 6.61 Å². The van der Waals surface area contributed by atoms with E-state index in [0.717, 1.165) is 12.3 Å². The van der Waals surface area contributed by atoms with Crippen molar-refractivity contribution in [2.24, 2.45) is 5.10 Å². The molecule has 2 aromatic rings. The number of morpholine rings is 1. The van der Waals surface area contributed by atoms with Crippen LogP contribution in [0.4, 0.5) is 20.2 Å². The van der Waals surface area contributed by atoms with Crippen LogP contribution in [0.5, 0.6) is 5.75 Å². The predicted octanol–water partition coefficient (Wildman–Crippen LogP) is 2.66. The van der Waals surface area contributed by atoms with Crippen LogP contribution < -0.4 is 10.2 Å². The highest BCUT2D eigenvalue weighted by atomic mass is 32.2. The normalized spacial score (nSPS) is 15.3. The molecule has 0 radical (unpaired) electrons. The number of para-hydroxylation sites is 1. The molecule has 0 amide bonds. The number of hydrogen-bond acceptors (Lipinski definition) is 8. The molecule has 3 rings (SSSR count). The second kappa shape index (κ2) is 9.76. The Bertz CT molecular complexity index is 1070. The molecule has 1 aliphatic heterocycles. The van der Waals surface area contributed by atoms with E-state index >= 15 is 0 Å². The van der Waals surface area contributed by atoms with Crippen molar-refractivity contribution in [1.29, 1.82) is 0 Å². The van der Waals surface area contributed by atoms with Crippen LogP contribution in [-0.4, -0.2) is 56.8 Å². The van der Waals surface area contributed by atoms with Gasteiger partial charge in [0.1, 0.15) is 11.4 Å². The van der Waals surface area contributed by atoms with Crippen LogP contribution >= 0.6 is 0 Å². The van der Waals surface area contributed by atoms with Gasteiger partial charge in [0.15, 0.2) is 0 Å². The van der Waals surface area contributed by atoms with Crippen molar-refractivity contribution in [3.63, 3.8) is 0 Å². The molecule has 1 N–H and O–H groups in total. The number of hydrazone groups is 1. The quantitative estimate of drug-likeness (QED) is 0.368. The number of alkyl halides is 2. The summed E-state index contributed by atoms with van der Waals surface area (Å²) in [5.41, 5.74) is 2.07. The zero-order chi connectivity index (χ0) is 22.4. The van der Waals surface area contributed by atoms with E-state index in [1.165, 1.54) is 34.6 Å². The fourth-order valence-electron chi connectivity index (χ4n) is 2.82. The molecule has 1 fully saturated rings. The third-order valence-corrected chi connectivity index (χ3v) is 6.19. The molecule has 0 aliphatic carbocycles. The first kappa shape index (κ1) is 22.5. The summed E-state index contributed by atoms with van der Waals surface area (Å²) in [4.78, 5) is 10.5. The van der Waals surface area contributed by atoms with E-state index in [-0.39, 0.29) is 48.2 Å². The van der Waals surface area contributed by atoms with Gasteiger partial charge in [-0.25, -0.2) is 8.42 Å². The van der Waals surface area contributed by atoms with Gasteiger partial charge in [0.25, 0.3) is 5.69 Å². The summed E-state index contributed by atoms with van der Waals surface area (Å²) in [6.45, 7) is -2.23. The number of anilines is 1. The Morgan fingerprint density at radius 2 is 1.94 bits per heavy atom. The second-order valence-corrected chi connectivity index (χ2v) is 8.18. The van der Waals surface area contributed by atoms with Gasteiger partial charge in [-0.15, -0.1) is 0 Å². The SMILES string of the molecule is O=[N+]([O-])c1cc(S(=O)(=O)N2CCOCC2)ccc1N/N=C/c1ccccc1OC(F)F. The summed E-state index contributed by atoms with van der Waals surface area (Å²) in [6.07, 6.45) is 1.15. The van der Waals surface area contributed by atoms with Gasteiger partial charge in [0, 0.05) is 24.7 Å². The van der Waals surface area contributed by atoms with Crippen LogP contribution in [-0.2, 0) is 14.8 Å². The molecule has 10 nitrogen and oxygen atoms in total. The van der Waals surface area contributed by atoms with E-state index in [1.54, 1.807) is 6.07 Å². The Balaban J connectivity index is 1.83. The van der Waals surface area contributed by atoms with Gasteiger partial charge in [0.05, 0.1) is 29.2 Å². The molecule has 0 unspecified atom stereocenters. The van der Waals surface area contributed by atoms with E-state index in [1.807, 2.05) is 0 Å². The lowest BCUT2D eigenvalue weighted by Crippen LogP contribution is -2.40. The fourth-order valence-corrected chi connectivity index (χ4v) is 4.24. The van der Waals surface area contributed by atoms with E-state index < -0.39 is 27.2 Å². The molecular formula is C18H18F2N4O6S. The number of nitro benzene ring substituents is 1. The van der Waals surface area contributed by atoms with Crippen LogP contribution in [0.3, 0.4) is 0 Å². The first-order valence-corrected chi connectivity index (χ1v) is 10.4. The standard InChI is InChI=1S/C18H18F2N4O6S/c19-18(20)30-17-4-2-1-3-13(17)12-21-22-15-6-5-14(11-16(15)24(25)26)31(27,28)23-7-9-29-10-8-23/h1-6,11-12,18,22H,7-10H2/b21-12+. The van der Waals surface area contributed by atoms with Gasteiger partial charge in [-0.2, -0.15) is 18.2 Å². The van der Waals surface area contributed by atoms with Crippen molar-refractivity contribution in [1.82, 2.24) is 4.31 Å². The molecule has 1 aliphatic rings. The van der Waals surface area contributed by atoms with Gasteiger partial charge in [-0.05, 0) is 24.3 Å². The number of nitrogens with zero attached hydrogens (tertiary/aromatic N) is 3. The zero-order valence-electron chi connectivity index (χ0n) is 16.0. The topological polar surface area (TPSA) is 123 Å². The first-order valence-electron chi connectivity index (χ1n) is 8.98. The minimum absolute atomic E-state index is 0.0746. The third-order valence-electron chi connectivity index (χ3n) is 4.30. The molecule has 1 heterocycles. The van der Waals surface area contributed by atoms with Crippen molar-refractivity contribution >= 4 is 27.6 Å². The minimum atomic E-state index is -3.92. The number of sulfonamides is 1. The Labute approximate surface area is 176 Å². The summed E-state index contributed by atoms with van der Waals surface area (Å²) in [5, 5.41) is 15.3. The molecule has 2 aromatic carbocycles. The monoisotopic (exact) mass is 456 g/mol. The Hall–Kier alpha value is -3.16. The maximum atomic E-state index is 12.7. The van der Waals surface area contributed by atoms with Crippen molar-refractivity contribution in [2.75, 3.05) is 31.7 Å². The van der Waals surface area contributed by atoms with E-state index in [4.69, 9.17) is 4.74 Å². The van der Waals surface area contributed by atoms with Crippen molar-refractivity contribution < 1.29 is 31.6 Å². The summed E-state index contributed by atoms with van der Waals surface area (Å²) in [6, 6.07) is 9.25. The summed E-state index contributed by atoms with van der Waals surface area (Å²) in [7, 11) is -3.92. The summed E-state index contributed by atoms with van der Waals surface area (Å²) < 4.78 is 61.1. The lowest BCUT2D eigenvalue weighted by atomic mass is 10.2. The molecule has 0 aromatic heterocycles. The van der Waals surface area contributed by atoms with Crippen molar-refractivity contribution in [3.05, 3.63) is 58.1 Å². The molecule has 31 heavy (non-hydrogen) atoms. The number of nitrogens with one attached hydrogen (secondary N) is 1. The minimum Gasteiger partial charge on any atom is -0.434 e. The predicted molar refractivity (Wildman–Crippen MR) is 107 cm³/mol. The van der Waals surface area contributed by atoms with Crippen LogP contribution in [0.2, 0.25) is 0 Å². The van der Waals surface area contributed by atoms with Crippen molar-refractivity contribution in [3.8, 4) is 5.75 Å². The largest absolute Gasteiger partial charge is 0.434 e. The molecule has 1 saturated heterocycles. The number of ether oxygens (including phenoxy) is 2. The van der Waals surface area contributed by atoms with Crippen molar-refractivity contribution in [2.45, 2.75) is 11.5 Å². The van der Waals surface area contributed by atoms with E-state index in [0.29, 0.717) is 0 Å². The number of hydrogen-bond donors (Lipinski definition) is 1. The average Bonchev–Trinajstić information content (AvgIpc) is 2.75. The fraction of sp³-hybridized carbons (Fsp3) is 0.278. The number of halogens is 2. The van der Waals surface area contributed by atoms with E-state index in [2.05, 4.69) is 15.3 Å². The molecule has 0 saturated carbocycles. The Morgan fingerprint density at radius 1 is 1.23 bits per heavy atom. The number of rotatable bonds is 8. The lowest BCUT2D eigenvalue weighted by Gasteiger charge is -2.26. The van der Waals surface area contributed by atoms with Crippen LogP contribution in [0.15, 0.2) is 52.5 Å². The van der Waals surface area contributed by atoms with E-state index in [9.17, 15) is 27.3 Å². The highest BCUT2D eigenvalue weighted by Crippen LogP contribution is 2.29. The van der Waals surface area contributed by atoms with Crippen LogP contribution in [0.25, 0.3) is 0 Å². The lowest BCUT2D eigenvalue weighted by molar-refractivity contribution is -0.384. The smallest absolute Gasteiger partial charge is 0.387 e. The highest BCUT2D eigenvalue weighted by Gasteiger charge is 2.28. The second-order valence-electron chi connectivity index (χ2n) is 6.24. The maximum absolute atomic E-state index is 12.7. The van der Waals surface area contributed by atoms with Gasteiger partial charge < -0.3 is 9.47 Å². The van der Waals surface area contributed by atoms with Gasteiger partial charge in [0.2, 0.25) is 10.0 Å². The number of nitro groups is 1. The number of benzene rings is 2. The van der Waals surface area contributed by atoms with Gasteiger partial charge in [-0.3, -0.25) is 15.5 Å². The third kappa shape index (κ3) is 5.51. The molecule has 0 spiro atoms. The highest BCUT2D eigenvalue weighted by molar-refractivity contribution is 7.89. The average molecular weight is 456 g/mol.